The number of allylic oxidation sites excluding steroid dienone is 32. The van der Waals surface area contributed by atoms with Crippen LogP contribution in [0.2, 0.25) is 0 Å². The van der Waals surface area contributed by atoms with Gasteiger partial charge in [0.1, 0.15) is 19.3 Å². The Balaban J connectivity index is 5.48. The van der Waals surface area contributed by atoms with Crippen molar-refractivity contribution >= 4 is 39.5 Å². The van der Waals surface area contributed by atoms with E-state index in [1.807, 2.05) is 0 Å². The van der Waals surface area contributed by atoms with Crippen molar-refractivity contribution in [2.75, 3.05) is 39.6 Å². The van der Waals surface area contributed by atoms with Gasteiger partial charge in [-0.2, -0.15) is 0 Å². The van der Waals surface area contributed by atoms with E-state index in [0.717, 1.165) is 218 Å². The summed E-state index contributed by atoms with van der Waals surface area (Å²) in [6, 6.07) is 0. The van der Waals surface area contributed by atoms with Crippen molar-refractivity contribution in [3.05, 3.63) is 194 Å². The lowest BCUT2D eigenvalue weighted by atomic mass is 10.1. The normalized spacial score (nSPS) is 14.8. The van der Waals surface area contributed by atoms with E-state index in [9.17, 15) is 43.2 Å². The van der Waals surface area contributed by atoms with E-state index in [4.69, 9.17) is 37.0 Å². The first-order valence-corrected chi connectivity index (χ1v) is 44.7. The largest absolute Gasteiger partial charge is 0.472 e. The fourth-order valence-electron chi connectivity index (χ4n) is 10.4. The number of aliphatic hydroxyl groups is 1. The fraction of sp³-hybridized carbons (Fsp3) is 0.604. The van der Waals surface area contributed by atoms with Crippen molar-refractivity contribution in [2.45, 2.75) is 316 Å². The molecule has 0 aromatic heterocycles. The van der Waals surface area contributed by atoms with Gasteiger partial charge in [0.2, 0.25) is 0 Å². The maximum Gasteiger partial charge on any atom is 0.472 e. The van der Waals surface area contributed by atoms with Crippen molar-refractivity contribution in [1.29, 1.82) is 0 Å². The molecule has 622 valence electrons. The average Bonchev–Trinajstić information content (AvgIpc) is 0.906. The summed E-state index contributed by atoms with van der Waals surface area (Å²) in [5.41, 5.74) is 0. The summed E-state index contributed by atoms with van der Waals surface area (Å²) in [6.07, 6.45) is 99.6. The number of hydrogen-bond donors (Lipinski definition) is 3. The summed E-state index contributed by atoms with van der Waals surface area (Å²) in [5, 5.41) is 10.7. The fourth-order valence-corrected chi connectivity index (χ4v) is 11.9. The molecule has 0 amide bonds. The van der Waals surface area contributed by atoms with Crippen LogP contribution in [0.25, 0.3) is 0 Å². The van der Waals surface area contributed by atoms with Gasteiger partial charge in [0.25, 0.3) is 0 Å². The number of phosphoric acid groups is 2. The Morgan fingerprint density at radius 1 is 0.255 bits per heavy atom. The molecule has 5 atom stereocenters. The zero-order valence-corrected chi connectivity index (χ0v) is 69.9. The van der Waals surface area contributed by atoms with Gasteiger partial charge >= 0.3 is 39.5 Å². The number of esters is 4. The molecule has 0 bridgehead atoms. The molecule has 0 aromatic rings. The van der Waals surface area contributed by atoms with Crippen LogP contribution in [0.3, 0.4) is 0 Å². The molecule has 0 spiro atoms. The molecule has 0 radical (unpaired) electrons. The van der Waals surface area contributed by atoms with Crippen molar-refractivity contribution in [2.24, 2.45) is 0 Å². The van der Waals surface area contributed by atoms with Crippen LogP contribution in [0.1, 0.15) is 297 Å². The highest BCUT2D eigenvalue weighted by Crippen LogP contribution is 2.45. The first-order valence-electron chi connectivity index (χ1n) is 41.7. The smallest absolute Gasteiger partial charge is 0.462 e. The number of hydrogen-bond acceptors (Lipinski definition) is 15. The molecule has 0 aromatic carbocycles. The van der Waals surface area contributed by atoms with Gasteiger partial charge in [0, 0.05) is 25.7 Å². The van der Waals surface area contributed by atoms with Crippen LogP contribution in [0.5, 0.6) is 0 Å². The third kappa shape index (κ3) is 80.0. The Kier molecular flexibility index (Phi) is 76.4. The van der Waals surface area contributed by atoms with Crippen LogP contribution in [-0.4, -0.2) is 96.7 Å². The highest BCUT2D eigenvalue weighted by Gasteiger charge is 2.30. The number of carbonyl (C=O) groups is 4. The second-order valence-electron chi connectivity index (χ2n) is 26.9. The predicted molar refractivity (Wildman–Crippen MR) is 454 cm³/mol. The van der Waals surface area contributed by atoms with Crippen LogP contribution in [0.15, 0.2) is 194 Å². The van der Waals surface area contributed by atoms with Crippen LogP contribution in [-0.2, 0) is 65.4 Å². The van der Waals surface area contributed by atoms with Gasteiger partial charge in [-0.05, 0) is 180 Å². The molecule has 17 nitrogen and oxygen atoms in total. The maximum atomic E-state index is 13.1. The molecule has 0 heterocycles. The Labute approximate surface area is 666 Å². The molecule has 3 N–H and O–H groups in total. The summed E-state index contributed by atoms with van der Waals surface area (Å²) in [5.74, 6) is -2.29. The van der Waals surface area contributed by atoms with Crippen LogP contribution < -0.4 is 0 Å². The van der Waals surface area contributed by atoms with Gasteiger partial charge in [0.15, 0.2) is 12.2 Å². The lowest BCUT2D eigenvalue weighted by molar-refractivity contribution is -0.161. The van der Waals surface area contributed by atoms with E-state index in [1.165, 1.54) is 0 Å². The average molecular weight is 1570 g/mol. The summed E-state index contributed by atoms with van der Waals surface area (Å²) in [4.78, 5) is 73.2. The van der Waals surface area contributed by atoms with E-state index in [2.05, 4.69) is 222 Å². The van der Waals surface area contributed by atoms with Crippen molar-refractivity contribution < 1.29 is 80.2 Å². The molecule has 110 heavy (non-hydrogen) atoms. The van der Waals surface area contributed by atoms with Crippen LogP contribution in [0, 0.1) is 0 Å². The van der Waals surface area contributed by atoms with E-state index in [0.29, 0.717) is 25.7 Å². The second kappa shape index (κ2) is 80.9. The van der Waals surface area contributed by atoms with Crippen molar-refractivity contribution in [3.8, 4) is 0 Å². The highest BCUT2D eigenvalue weighted by atomic mass is 31.2. The second-order valence-corrected chi connectivity index (χ2v) is 29.8. The lowest BCUT2D eigenvalue weighted by Crippen LogP contribution is -2.30. The number of unbranched alkanes of at least 4 members (excludes halogenated alkanes) is 18. The minimum absolute atomic E-state index is 0.0510. The lowest BCUT2D eigenvalue weighted by Gasteiger charge is -2.21. The molecular formula is C91H146O17P2. The summed E-state index contributed by atoms with van der Waals surface area (Å²) < 4.78 is 68.7. The van der Waals surface area contributed by atoms with E-state index < -0.39 is 97.5 Å². The number of rotatable bonds is 76. The maximum absolute atomic E-state index is 13.1. The Hall–Kier alpha value is -6.10. The minimum Gasteiger partial charge on any atom is -0.462 e. The molecule has 0 saturated heterocycles. The Bertz CT molecular complexity index is 2850. The molecule has 0 saturated carbocycles. The topological polar surface area (TPSA) is 237 Å². The molecule has 19 heteroatoms. The number of aliphatic hydroxyl groups excluding tert-OH is 1. The zero-order valence-electron chi connectivity index (χ0n) is 68.1. The third-order valence-electron chi connectivity index (χ3n) is 16.5. The summed E-state index contributed by atoms with van der Waals surface area (Å²) in [6.45, 7) is 4.31. The molecule has 0 aliphatic rings. The van der Waals surface area contributed by atoms with E-state index in [1.54, 1.807) is 0 Å². The molecule has 0 aliphatic heterocycles. The van der Waals surface area contributed by atoms with Crippen molar-refractivity contribution in [1.82, 2.24) is 0 Å². The minimum atomic E-state index is -5.01. The van der Waals surface area contributed by atoms with Crippen LogP contribution >= 0.6 is 15.6 Å². The highest BCUT2D eigenvalue weighted by molar-refractivity contribution is 7.47. The molecule has 5 unspecified atom stereocenters. The van der Waals surface area contributed by atoms with Gasteiger partial charge in [-0.1, -0.05) is 286 Å². The van der Waals surface area contributed by atoms with E-state index in [-0.39, 0.29) is 25.7 Å². The SMILES string of the molecule is CC/C=C\C/C=C\C/C=C\C/C=C\C/C=C\CCCCCC(=O)OCC(COP(=O)(O)OCC(O)COP(=O)(O)OCC(COC(=O)CCCCCCCC/C=C\C/C=C\C/C=C\C/C=C\CC)OC(=O)CCCCCCC/C=C\C/C=C\C/C=C\CC)OC(=O)CCCCCC/C=C\C/C=C\C/C=C\C/C=C\CC. The molecule has 0 rings (SSSR count). The number of phosphoric ester groups is 2. The molecular weight excluding hydrogens is 1430 g/mol. The first-order chi connectivity index (χ1) is 53.7. The predicted octanol–water partition coefficient (Wildman–Crippen LogP) is 24.9. The first kappa shape index (κ1) is 104. The van der Waals surface area contributed by atoms with E-state index >= 15 is 0 Å². The number of carbonyl (C=O) groups excluding carboxylic acids is 4. The van der Waals surface area contributed by atoms with Crippen molar-refractivity contribution in [3.63, 3.8) is 0 Å². The van der Waals surface area contributed by atoms with Gasteiger partial charge in [0.05, 0.1) is 26.4 Å². The van der Waals surface area contributed by atoms with Crippen LogP contribution in [0.4, 0.5) is 0 Å². The van der Waals surface area contributed by atoms with Gasteiger partial charge < -0.3 is 33.8 Å². The number of ether oxygens (including phenoxy) is 4. The van der Waals surface area contributed by atoms with Gasteiger partial charge in [-0.15, -0.1) is 0 Å². The summed E-state index contributed by atoms with van der Waals surface area (Å²) in [7, 11) is -10.0. The zero-order chi connectivity index (χ0) is 80.3. The summed E-state index contributed by atoms with van der Waals surface area (Å²) >= 11 is 0. The Morgan fingerprint density at radius 2 is 0.445 bits per heavy atom. The quantitative estimate of drug-likeness (QED) is 0.0169. The standard InChI is InChI=1S/C91H146O17P2/c1-5-9-13-17-21-25-29-33-37-40-42-45-48-51-55-59-63-67-71-75-88(93)101-81-86(107-90(95)77-73-69-65-61-57-53-47-36-32-28-24-20-16-12-8-4)83-105-109(97,98)103-79-85(92)80-104-110(99,100)106-84-87(108-91(96)78-74-70-66-62-58-54-50-44-39-35-31-27-23-19-15-11-7-3)82-102-89(94)76-72-68-64-60-56-52-49-46-43-41-38-34-30-26-22-18-14-10-6-2/h9-16,21-28,33-39,42-43,45-47,50,52,54,56,85-87,92H,5-8,17-20,29-32,40-41,44,48-49,51,53,55,57-84H2,1-4H3,(H,97,98)(H,99,100)/b13-9-,14-10-,15-11-,16-12-,25-21-,26-22-,27-23-,28-24-,37-33-,38-34-,39-35-,45-42-,46-43-,47-36-,54-50-,56-52-. The molecule has 0 aliphatic carbocycles. The molecule has 0 fully saturated rings. The third-order valence-corrected chi connectivity index (χ3v) is 18.4. The van der Waals surface area contributed by atoms with Gasteiger partial charge in [-0.25, -0.2) is 9.13 Å². The monoisotopic (exact) mass is 1570 g/mol. The Morgan fingerprint density at radius 3 is 0.691 bits per heavy atom. The van der Waals surface area contributed by atoms with Gasteiger partial charge in [-0.3, -0.25) is 37.3 Å².